The number of rotatable bonds is 10. The molecule has 2 aromatic rings. The van der Waals surface area contributed by atoms with Crippen molar-refractivity contribution in [1.82, 2.24) is 9.29 Å². The van der Waals surface area contributed by atoms with Crippen LogP contribution in [0.3, 0.4) is 0 Å². The van der Waals surface area contributed by atoms with Gasteiger partial charge >= 0.3 is 0 Å². The van der Waals surface area contributed by atoms with E-state index in [-0.39, 0.29) is 5.82 Å². The second kappa shape index (κ2) is 11.6. The van der Waals surface area contributed by atoms with Crippen molar-refractivity contribution in [3.05, 3.63) is 71.3 Å². The number of pyridine rings is 1. The van der Waals surface area contributed by atoms with E-state index in [1.54, 1.807) is 18.3 Å². The Hall–Kier alpha value is -2.79. The number of allylic oxidation sites excluding steroid dienone is 2. The van der Waals surface area contributed by atoms with Crippen LogP contribution in [-0.4, -0.2) is 65.6 Å². The third-order valence-electron chi connectivity index (χ3n) is 8.32. The number of fused-ring (bicyclic) bond motifs is 1. The van der Waals surface area contributed by atoms with E-state index in [0.29, 0.717) is 62.3 Å². The number of halogens is 2. The Morgan fingerprint density at radius 1 is 1.18 bits per heavy atom. The molecule has 0 bridgehead atoms. The van der Waals surface area contributed by atoms with E-state index in [4.69, 9.17) is 10.1 Å². The van der Waals surface area contributed by atoms with E-state index in [1.165, 1.54) is 36.8 Å². The highest BCUT2D eigenvalue weighted by molar-refractivity contribution is 7.89. The molecule has 1 unspecified atom stereocenters. The molecule has 1 aromatic heterocycles. The fraction of sp³-hybridized carbons (Fsp3) is 0.467. The van der Waals surface area contributed by atoms with Crippen LogP contribution >= 0.6 is 0 Å². The van der Waals surface area contributed by atoms with Crippen LogP contribution in [-0.2, 0) is 16.1 Å². The Labute approximate surface area is 237 Å². The van der Waals surface area contributed by atoms with Crippen LogP contribution in [0, 0.1) is 22.6 Å². The molecule has 2 aliphatic carbocycles. The van der Waals surface area contributed by atoms with Gasteiger partial charge in [0.2, 0.25) is 0 Å². The largest absolute Gasteiger partial charge is 0.593 e. The highest BCUT2D eigenvalue weighted by Gasteiger charge is 2.46. The zero-order chi connectivity index (χ0) is 27.7. The highest BCUT2D eigenvalue weighted by Crippen LogP contribution is 2.46. The smallest absolute Gasteiger partial charge is 0.192 e. The fourth-order valence-corrected chi connectivity index (χ4v) is 7.10. The molecule has 3 atom stereocenters. The summed E-state index contributed by atoms with van der Waals surface area (Å²) in [6.07, 6.45) is 8.52. The molecule has 3 heterocycles. The van der Waals surface area contributed by atoms with Crippen LogP contribution in [0.15, 0.2) is 70.4 Å². The van der Waals surface area contributed by atoms with Crippen molar-refractivity contribution < 1.29 is 18.1 Å². The van der Waals surface area contributed by atoms with Gasteiger partial charge in [0, 0.05) is 48.8 Å². The average Bonchev–Trinajstić information content (AvgIpc) is 3.70. The SMILES string of the molecule is N=CC1=C(Nc2ccc(F)cc2)C=C2CCN([S+]([O-])c3ccc(N4CC[C@@H](F)C4)nc3)C[C@@]2(COCC2CC2)C1. The van der Waals surface area contributed by atoms with Gasteiger partial charge in [-0.1, -0.05) is 5.57 Å². The first kappa shape index (κ1) is 27.4. The lowest BCUT2D eigenvalue weighted by Crippen LogP contribution is -2.51. The summed E-state index contributed by atoms with van der Waals surface area (Å²) in [4.78, 5) is 7.05. The first-order valence-corrected chi connectivity index (χ1v) is 15.1. The van der Waals surface area contributed by atoms with Gasteiger partial charge in [0.15, 0.2) is 4.90 Å². The lowest BCUT2D eigenvalue weighted by molar-refractivity contribution is 0.0357. The Bertz CT molecular complexity index is 1280. The molecule has 4 aliphatic rings. The number of alkyl halides is 1. The summed E-state index contributed by atoms with van der Waals surface area (Å²) in [5, 5.41) is 11.6. The van der Waals surface area contributed by atoms with Crippen LogP contribution in [0.2, 0.25) is 0 Å². The predicted molar refractivity (Wildman–Crippen MR) is 153 cm³/mol. The zero-order valence-electron chi connectivity index (χ0n) is 22.5. The first-order valence-electron chi connectivity index (χ1n) is 14.0. The van der Waals surface area contributed by atoms with Crippen molar-refractivity contribution in [2.75, 3.05) is 49.6 Å². The fourth-order valence-electron chi connectivity index (χ4n) is 5.86. The van der Waals surface area contributed by atoms with Gasteiger partial charge in [0.25, 0.3) is 0 Å². The molecule has 6 rings (SSSR count). The zero-order valence-corrected chi connectivity index (χ0v) is 23.3. The molecule has 2 aliphatic heterocycles. The maximum Gasteiger partial charge on any atom is 0.192 e. The number of benzene rings is 1. The Morgan fingerprint density at radius 3 is 2.67 bits per heavy atom. The molecular weight excluding hydrogens is 532 g/mol. The monoisotopic (exact) mass is 567 g/mol. The van der Waals surface area contributed by atoms with Crippen molar-refractivity contribution in [2.45, 2.75) is 43.2 Å². The van der Waals surface area contributed by atoms with Gasteiger partial charge in [-0.2, -0.15) is 0 Å². The molecule has 0 amide bonds. The number of hydrogen-bond acceptors (Lipinski definition) is 7. The Morgan fingerprint density at radius 2 is 2.00 bits per heavy atom. The number of piperidine rings is 1. The minimum Gasteiger partial charge on any atom is -0.593 e. The van der Waals surface area contributed by atoms with Crippen LogP contribution < -0.4 is 10.2 Å². The van der Waals surface area contributed by atoms with Gasteiger partial charge in [0.05, 0.1) is 37.3 Å². The Kier molecular flexibility index (Phi) is 7.94. The minimum absolute atomic E-state index is 0.296. The molecule has 1 saturated carbocycles. The topological polar surface area (TPSA) is 87.5 Å². The van der Waals surface area contributed by atoms with E-state index in [1.807, 2.05) is 21.3 Å². The van der Waals surface area contributed by atoms with Crippen molar-refractivity contribution in [2.24, 2.45) is 11.3 Å². The van der Waals surface area contributed by atoms with Crippen LogP contribution in [0.4, 0.5) is 20.3 Å². The maximum atomic E-state index is 13.7. The molecule has 1 aromatic carbocycles. The van der Waals surface area contributed by atoms with Gasteiger partial charge in [-0.3, -0.25) is 0 Å². The Balaban J connectivity index is 1.21. The van der Waals surface area contributed by atoms with Gasteiger partial charge < -0.3 is 24.9 Å². The van der Waals surface area contributed by atoms with Crippen LogP contribution in [0.1, 0.15) is 32.1 Å². The van der Waals surface area contributed by atoms with Crippen molar-refractivity contribution >= 4 is 29.1 Å². The predicted octanol–water partition coefficient (Wildman–Crippen LogP) is 5.26. The number of nitrogens with zero attached hydrogens (tertiary/aromatic N) is 3. The summed E-state index contributed by atoms with van der Waals surface area (Å²) in [7, 11) is 0. The molecule has 40 heavy (non-hydrogen) atoms. The van der Waals surface area contributed by atoms with E-state index in [2.05, 4.69) is 16.4 Å². The van der Waals surface area contributed by atoms with Crippen LogP contribution in [0.25, 0.3) is 0 Å². The summed E-state index contributed by atoms with van der Waals surface area (Å²) in [6.45, 7) is 3.37. The van der Waals surface area contributed by atoms with Gasteiger partial charge in [-0.15, -0.1) is 4.31 Å². The third-order valence-corrected chi connectivity index (χ3v) is 9.75. The van der Waals surface area contributed by atoms with E-state index in [9.17, 15) is 13.3 Å². The quantitative estimate of drug-likeness (QED) is 0.301. The van der Waals surface area contributed by atoms with Crippen molar-refractivity contribution in [3.63, 3.8) is 0 Å². The molecule has 3 fully saturated rings. The van der Waals surface area contributed by atoms with Gasteiger partial charge in [-0.25, -0.2) is 13.8 Å². The molecule has 2 N–H and O–H groups in total. The number of nitrogens with one attached hydrogen (secondary N) is 2. The number of hydrogen-bond donors (Lipinski definition) is 2. The van der Waals surface area contributed by atoms with Gasteiger partial charge in [-0.05, 0) is 80.0 Å². The van der Waals surface area contributed by atoms with Crippen molar-refractivity contribution in [1.29, 1.82) is 5.41 Å². The molecular formula is C30H35F2N5O2S. The summed E-state index contributed by atoms with van der Waals surface area (Å²) < 4.78 is 49.1. The standard InChI is InChI=1S/C30H35F2N5O2S/c31-24-3-5-26(6-4-24)35-28-13-23-9-12-37(19-30(23,14-22(28)15-33)20-39-18-21-1-2-21)40(38)27-7-8-29(34-16-27)36-11-10-25(32)17-36/h3-8,13,15-16,21,25,33,35H,1-2,9-12,14,17-20H2/t25-,30-,40?/m1/s1. The van der Waals surface area contributed by atoms with E-state index < -0.39 is 22.9 Å². The lowest BCUT2D eigenvalue weighted by Gasteiger charge is -2.46. The van der Waals surface area contributed by atoms with Crippen molar-refractivity contribution in [3.8, 4) is 0 Å². The van der Waals surface area contributed by atoms with E-state index in [0.717, 1.165) is 30.0 Å². The number of ether oxygens (including phenoxy) is 1. The average molecular weight is 568 g/mol. The summed E-state index contributed by atoms with van der Waals surface area (Å²) in [6, 6.07) is 9.87. The first-order chi connectivity index (χ1) is 19.4. The van der Waals surface area contributed by atoms with Crippen LogP contribution in [0.5, 0.6) is 0 Å². The summed E-state index contributed by atoms with van der Waals surface area (Å²) >= 11 is -1.41. The van der Waals surface area contributed by atoms with Gasteiger partial charge in [0.1, 0.15) is 17.8 Å². The molecule has 0 spiro atoms. The second-order valence-electron chi connectivity index (χ2n) is 11.3. The number of aromatic nitrogens is 1. The minimum atomic E-state index is -1.41. The molecule has 10 heteroatoms. The summed E-state index contributed by atoms with van der Waals surface area (Å²) in [5.41, 5.74) is 3.24. The molecule has 7 nitrogen and oxygen atoms in total. The normalized spacial score (nSPS) is 25.9. The summed E-state index contributed by atoms with van der Waals surface area (Å²) in [5.74, 6) is 1.04. The van der Waals surface area contributed by atoms with E-state index >= 15 is 0 Å². The second-order valence-corrected chi connectivity index (χ2v) is 12.8. The third kappa shape index (κ3) is 5.95. The molecule has 0 radical (unpaired) electrons. The molecule has 2 saturated heterocycles. The molecule has 212 valence electrons. The highest BCUT2D eigenvalue weighted by atomic mass is 32.2. The lowest BCUT2D eigenvalue weighted by atomic mass is 9.69. The number of anilines is 2. The maximum absolute atomic E-state index is 13.7.